The third-order valence-electron chi connectivity index (χ3n) is 4.15. The first-order valence-electron chi connectivity index (χ1n) is 8.21. The summed E-state index contributed by atoms with van der Waals surface area (Å²) >= 11 is 0. The molecule has 27 heavy (non-hydrogen) atoms. The zero-order valence-electron chi connectivity index (χ0n) is 14.1. The molecular weight excluding hydrogens is 368 g/mol. The molecule has 3 heterocycles. The molecular formula is C18H16N4O4S. The zero-order chi connectivity index (χ0) is 18.9. The Balaban J connectivity index is 1.45. The van der Waals surface area contributed by atoms with Gasteiger partial charge in [-0.15, -0.1) is 0 Å². The van der Waals surface area contributed by atoms with E-state index in [0.29, 0.717) is 5.39 Å². The van der Waals surface area contributed by atoms with Crippen LogP contribution in [-0.2, 0) is 16.6 Å². The number of rotatable bonds is 6. The van der Waals surface area contributed by atoms with Crippen molar-refractivity contribution >= 4 is 21.0 Å². The van der Waals surface area contributed by atoms with E-state index in [0.717, 1.165) is 5.69 Å². The second-order valence-corrected chi connectivity index (χ2v) is 7.63. The molecule has 0 saturated heterocycles. The van der Waals surface area contributed by atoms with Crippen LogP contribution in [0.15, 0.2) is 81.4 Å². The number of furan rings is 1. The summed E-state index contributed by atoms with van der Waals surface area (Å²) in [6.45, 7) is 0.273. The van der Waals surface area contributed by atoms with Crippen LogP contribution in [0.25, 0.3) is 16.7 Å². The summed E-state index contributed by atoms with van der Waals surface area (Å²) in [7, 11) is -3.68. The van der Waals surface area contributed by atoms with E-state index < -0.39 is 10.0 Å². The quantitative estimate of drug-likeness (QED) is 0.546. The highest BCUT2D eigenvalue weighted by Gasteiger charge is 2.14. The number of sulfonamides is 1. The molecule has 0 amide bonds. The van der Waals surface area contributed by atoms with Crippen LogP contribution in [0.4, 0.5) is 0 Å². The molecule has 0 aliphatic rings. The Hall–Kier alpha value is -3.17. The topological polar surface area (TPSA) is 99.1 Å². The zero-order valence-corrected chi connectivity index (χ0v) is 15.0. The van der Waals surface area contributed by atoms with Crippen LogP contribution in [0.2, 0.25) is 0 Å². The average molecular weight is 384 g/mol. The number of hydrogen-bond donors (Lipinski definition) is 1. The first-order chi connectivity index (χ1) is 13.0. The van der Waals surface area contributed by atoms with Gasteiger partial charge in [0.05, 0.1) is 16.8 Å². The number of hydrogen-bond acceptors (Lipinski definition) is 5. The van der Waals surface area contributed by atoms with Gasteiger partial charge in [-0.25, -0.2) is 17.8 Å². The SMILES string of the molecule is O=c1c2occc2ccn1CCNS(=O)(=O)c1ccc(-n2cccn2)cc1. The molecule has 138 valence electrons. The summed E-state index contributed by atoms with van der Waals surface area (Å²) in [4.78, 5) is 12.4. The predicted molar refractivity (Wildman–Crippen MR) is 99.2 cm³/mol. The van der Waals surface area contributed by atoms with Gasteiger partial charge in [0, 0.05) is 37.1 Å². The lowest BCUT2D eigenvalue weighted by atomic mass is 10.3. The molecule has 3 aromatic heterocycles. The molecule has 0 unspecified atom stereocenters. The molecule has 0 fully saturated rings. The van der Waals surface area contributed by atoms with E-state index in [9.17, 15) is 13.2 Å². The van der Waals surface area contributed by atoms with E-state index in [4.69, 9.17) is 4.42 Å². The van der Waals surface area contributed by atoms with E-state index in [2.05, 4.69) is 9.82 Å². The van der Waals surface area contributed by atoms with Gasteiger partial charge in [-0.3, -0.25) is 4.79 Å². The van der Waals surface area contributed by atoms with Crippen molar-refractivity contribution in [1.29, 1.82) is 0 Å². The van der Waals surface area contributed by atoms with Gasteiger partial charge < -0.3 is 8.98 Å². The molecule has 0 saturated carbocycles. The Labute approximate surface area is 154 Å². The second kappa shape index (κ2) is 6.86. The minimum absolute atomic E-state index is 0.0787. The minimum atomic E-state index is -3.68. The van der Waals surface area contributed by atoms with E-state index in [1.807, 2.05) is 0 Å². The molecule has 4 aromatic rings. The fourth-order valence-electron chi connectivity index (χ4n) is 2.75. The minimum Gasteiger partial charge on any atom is -0.459 e. The average Bonchev–Trinajstić information content (AvgIpc) is 3.36. The lowest BCUT2D eigenvalue weighted by molar-refractivity contribution is 0.566. The van der Waals surface area contributed by atoms with Crippen molar-refractivity contribution in [3.8, 4) is 5.69 Å². The molecule has 1 N–H and O–H groups in total. The van der Waals surface area contributed by atoms with Gasteiger partial charge in [-0.05, 0) is 42.5 Å². The van der Waals surface area contributed by atoms with Crippen LogP contribution in [0.3, 0.4) is 0 Å². The van der Waals surface area contributed by atoms with Crippen LogP contribution in [0.1, 0.15) is 0 Å². The molecule has 8 nitrogen and oxygen atoms in total. The maximum Gasteiger partial charge on any atom is 0.294 e. The highest BCUT2D eigenvalue weighted by molar-refractivity contribution is 7.89. The van der Waals surface area contributed by atoms with Crippen molar-refractivity contribution in [3.63, 3.8) is 0 Å². The van der Waals surface area contributed by atoms with Crippen LogP contribution >= 0.6 is 0 Å². The highest BCUT2D eigenvalue weighted by atomic mass is 32.2. The van der Waals surface area contributed by atoms with Crippen LogP contribution < -0.4 is 10.3 Å². The molecule has 1 aromatic carbocycles. The van der Waals surface area contributed by atoms with Gasteiger partial charge in [-0.1, -0.05) is 0 Å². The maximum absolute atomic E-state index is 12.4. The second-order valence-electron chi connectivity index (χ2n) is 5.86. The number of pyridine rings is 1. The van der Waals surface area contributed by atoms with Crippen molar-refractivity contribution < 1.29 is 12.8 Å². The number of fused-ring (bicyclic) bond motifs is 1. The summed E-state index contributed by atoms with van der Waals surface area (Å²) < 4.78 is 35.6. The molecule has 0 radical (unpaired) electrons. The number of aromatic nitrogens is 3. The molecule has 4 rings (SSSR count). The van der Waals surface area contributed by atoms with Crippen molar-refractivity contribution in [2.75, 3.05) is 6.54 Å². The predicted octanol–water partition coefficient (Wildman–Crippen LogP) is 1.76. The van der Waals surface area contributed by atoms with Gasteiger partial charge in [0.25, 0.3) is 5.56 Å². The van der Waals surface area contributed by atoms with Crippen molar-refractivity contribution in [2.24, 2.45) is 0 Å². The Kier molecular flexibility index (Phi) is 4.38. The van der Waals surface area contributed by atoms with Crippen molar-refractivity contribution in [1.82, 2.24) is 19.1 Å². The molecule has 0 aliphatic carbocycles. The van der Waals surface area contributed by atoms with Crippen molar-refractivity contribution in [3.05, 3.63) is 77.7 Å². The van der Waals surface area contributed by atoms with Gasteiger partial charge >= 0.3 is 0 Å². The Morgan fingerprint density at radius 2 is 1.89 bits per heavy atom. The summed E-state index contributed by atoms with van der Waals surface area (Å²) in [6.07, 6.45) is 6.49. The van der Waals surface area contributed by atoms with E-state index in [1.165, 1.54) is 23.0 Å². The standard InChI is InChI=1S/C18H16N4O4S/c23-18-17-14(7-13-26-17)6-11-21(18)12-9-20-27(24,25)16-4-2-15(3-5-16)22-10-1-8-19-22/h1-8,10-11,13,20H,9,12H2. The summed E-state index contributed by atoms with van der Waals surface area (Å²) in [5.41, 5.74) is 0.729. The van der Waals surface area contributed by atoms with E-state index >= 15 is 0 Å². The molecule has 0 atom stereocenters. The first-order valence-corrected chi connectivity index (χ1v) is 9.69. The van der Waals surface area contributed by atoms with Gasteiger partial charge in [-0.2, -0.15) is 5.10 Å². The molecule has 0 aliphatic heterocycles. The third-order valence-corrected chi connectivity index (χ3v) is 5.62. The summed E-state index contributed by atoms with van der Waals surface area (Å²) in [5, 5.41) is 4.82. The van der Waals surface area contributed by atoms with Crippen LogP contribution in [0, 0.1) is 0 Å². The van der Waals surface area contributed by atoms with Crippen LogP contribution in [-0.4, -0.2) is 29.3 Å². The summed E-state index contributed by atoms with van der Waals surface area (Å²) in [5.74, 6) is 0. The largest absolute Gasteiger partial charge is 0.459 e. The normalized spacial score (nSPS) is 11.9. The smallest absolute Gasteiger partial charge is 0.294 e. The lowest BCUT2D eigenvalue weighted by Crippen LogP contribution is -2.30. The van der Waals surface area contributed by atoms with Gasteiger partial charge in [0.15, 0.2) is 5.58 Å². The summed E-state index contributed by atoms with van der Waals surface area (Å²) in [6, 6.07) is 11.6. The number of nitrogens with one attached hydrogen (secondary N) is 1. The van der Waals surface area contributed by atoms with Crippen LogP contribution in [0.5, 0.6) is 0 Å². The van der Waals surface area contributed by atoms with Crippen molar-refractivity contribution in [2.45, 2.75) is 11.4 Å². The fourth-order valence-corrected chi connectivity index (χ4v) is 3.77. The van der Waals surface area contributed by atoms with Gasteiger partial charge in [0.1, 0.15) is 0 Å². The molecule has 9 heteroatoms. The maximum atomic E-state index is 12.4. The van der Waals surface area contributed by atoms with E-state index in [1.54, 1.807) is 53.6 Å². The lowest BCUT2D eigenvalue weighted by Gasteiger charge is -2.09. The Morgan fingerprint density at radius 1 is 1.07 bits per heavy atom. The first kappa shape index (κ1) is 17.3. The number of benzene rings is 1. The molecule has 0 spiro atoms. The Morgan fingerprint density at radius 3 is 2.63 bits per heavy atom. The number of nitrogens with zero attached hydrogens (tertiary/aromatic N) is 3. The Bertz CT molecular complexity index is 1220. The fraction of sp³-hybridized carbons (Fsp3) is 0.111. The highest BCUT2D eigenvalue weighted by Crippen LogP contribution is 2.13. The van der Waals surface area contributed by atoms with Gasteiger partial charge in [0.2, 0.25) is 10.0 Å². The third kappa shape index (κ3) is 3.42. The monoisotopic (exact) mass is 384 g/mol. The van der Waals surface area contributed by atoms with E-state index in [-0.39, 0.29) is 29.1 Å². The molecule has 0 bridgehead atoms.